The summed E-state index contributed by atoms with van der Waals surface area (Å²) in [6, 6.07) is 12.7. The standard InChI is InChI=1S/C16H16Cl2N2O2.ClH/c17-14-7-12(8-15(18)20-14)10-22-16(21)9-13(19)6-11-4-2-1-3-5-11;/h1-5,7-8,13H,6,9-10,19H2;1H/t13-;/m0./s1. The molecule has 0 fully saturated rings. The average Bonchev–Trinajstić information content (AvgIpc) is 2.45. The third-order valence-corrected chi connectivity index (χ3v) is 3.38. The van der Waals surface area contributed by atoms with Crippen molar-refractivity contribution in [1.82, 2.24) is 4.98 Å². The van der Waals surface area contributed by atoms with Crippen LogP contribution in [0.15, 0.2) is 42.5 Å². The van der Waals surface area contributed by atoms with E-state index >= 15 is 0 Å². The van der Waals surface area contributed by atoms with Crippen LogP contribution in [0.1, 0.15) is 17.5 Å². The van der Waals surface area contributed by atoms with E-state index in [1.165, 1.54) is 0 Å². The van der Waals surface area contributed by atoms with Crippen LogP contribution in [0, 0.1) is 0 Å². The lowest BCUT2D eigenvalue weighted by atomic mass is 10.0. The van der Waals surface area contributed by atoms with Gasteiger partial charge >= 0.3 is 5.97 Å². The number of carbonyl (C=O) groups is 1. The number of esters is 1. The molecular weight excluding hydrogens is 359 g/mol. The molecular formula is C16H17Cl3N2O2. The SMILES string of the molecule is Cl.N[C@H](CC(=O)OCc1cc(Cl)nc(Cl)c1)Cc1ccccc1. The third kappa shape index (κ3) is 7.18. The molecule has 0 saturated heterocycles. The molecule has 0 bridgehead atoms. The maximum atomic E-state index is 11.8. The first-order valence-corrected chi connectivity index (χ1v) is 7.55. The van der Waals surface area contributed by atoms with Crippen LogP contribution in [0.3, 0.4) is 0 Å². The van der Waals surface area contributed by atoms with Gasteiger partial charge in [-0.05, 0) is 29.7 Å². The molecule has 0 saturated carbocycles. The first kappa shape index (κ1) is 19.7. The number of aromatic nitrogens is 1. The van der Waals surface area contributed by atoms with Gasteiger partial charge in [0.25, 0.3) is 0 Å². The number of carbonyl (C=O) groups excluding carboxylic acids is 1. The second-order valence-corrected chi connectivity index (χ2v) is 5.71. The molecule has 0 radical (unpaired) electrons. The largest absolute Gasteiger partial charge is 0.461 e. The van der Waals surface area contributed by atoms with Gasteiger partial charge in [0.2, 0.25) is 0 Å². The highest BCUT2D eigenvalue weighted by molar-refractivity contribution is 6.32. The van der Waals surface area contributed by atoms with Crippen molar-refractivity contribution in [2.45, 2.75) is 25.5 Å². The third-order valence-electron chi connectivity index (χ3n) is 2.99. The van der Waals surface area contributed by atoms with E-state index in [0.717, 1.165) is 5.56 Å². The van der Waals surface area contributed by atoms with E-state index in [-0.39, 0.29) is 47.8 Å². The molecule has 1 atom stereocenters. The van der Waals surface area contributed by atoms with E-state index in [1.54, 1.807) is 12.1 Å². The molecule has 0 spiro atoms. The molecule has 2 N–H and O–H groups in total. The number of halogens is 3. The van der Waals surface area contributed by atoms with Crippen molar-refractivity contribution in [1.29, 1.82) is 0 Å². The summed E-state index contributed by atoms with van der Waals surface area (Å²) in [7, 11) is 0. The van der Waals surface area contributed by atoms with Gasteiger partial charge < -0.3 is 10.5 Å². The molecule has 7 heteroatoms. The van der Waals surface area contributed by atoms with Crippen LogP contribution in [0.25, 0.3) is 0 Å². The van der Waals surface area contributed by atoms with Crippen molar-refractivity contribution >= 4 is 41.6 Å². The second kappa shape index (κ2) is 9.73. The summed E-state index contributed by atoms with van der Waals surface area (Å²) in [5.41, 5.74) is 7.75. The van der Waals surface area contributed by atoms with Crippen LogP contribution in [-0.2, 0) is 22.6 Å². The molecule has 1 aromatic carbocycles. The Kier molecular flexibility index (Phi) is 8.34. The minimum Gasteiger partial charge on any atom is -0.461 e. The molecule has 23 heavy (non-hydrogen) atoms. The van der Waals surface area contributed by atoms with Crippen LogP contribution >= 0.6 is 35.6 Å². The van der Waals surface area contributed by atoms with Crippen LogP contribution < -0.4 is 5.73 Å². The molecule has 1 aromatic heterocycles. The van der Waals surface area contributed by atoms with E-state index in [2.05, 4.69) is 4.98 Å². The normalized spacial score (nSPS) is 11.4. The fourth-order valence-corrected chi connectivity index (χ4v) is 2.53. The predicted octanol–water partition coefficient (Wildman–Crippen LogP) is 3.81. The van der Waals surface area contributed by atoms with Crippen LogP contribution in [0.5, 0.6) is 0 Å². The maximum Gasteiger partial charge on any atom is 0.307 e. The minimum atomic E-state index is -0.354. The summed E-state index contributed by atoms with van der Waals surface area (Å²) in [5, 5.41) is 0.527. The Bertz CT molecular complexity index is 618. The summed E-state index contributed by atoms with van der Waals surface area (Å²) in [5.74, 6) is -0.354. The number of nitrogens with zero attached hydrogens (tertiary/aromatic N) is 1. The van der Waals surface area contributed by atoms with Gasteiger partial charge in [-0.15, -0.1) is 12.4 Å². The van der Waals surface area contributed by atoms with E-state index in [9.17, 15) is 4.79 Å². The van der Waals surface area contributed by atoms with Crippen LogP contribution in [-0.4, -0.2) is 17.0 Å². The van der Waals surface area contributed by atoms with E-state index in [1.807, 2.05) is 30.3 Å². The topological polar surface area (TPSA) is 65.2 Å². The molecule has 4 nitrogen and oxygen atoms in total. The summed E-state index contributed by atoms with van der Waals surface area (Å²) in [4.78, 5) is 15.6. The van der Waals surface area contributed by atoms with Gasteiger partial charge in [-0.3, -0.25) is 4.79 Å². The maximum absolute atomic E-state index is 11.8. The second-order valence-electron chi connectivity index (χ2n) is 4.94. The van der Waals surface area contributed by atoms with Crippen molar-refractivity contribution in [3.05, 3.63) is 63.9 Å². The van der Waals surface area contributed by atoms with Gasteiger partial charge in [0.05, 0.1) is 6.42 Å². The first-order valence-electron chi connectivity index (χ1n) is 6.80. The van der Waals surface area contributed by atoms with E-state index < -0.39 is 0 Å². The van der Waals surface area contributed by atoms with Crippen molar-refractivity contribution < 1.29 is 9.53 Å². The van der Waals surface area contributed by atoms with Crippen LogP contribution in [0.2, 0.25) is 10.3 Å². The highest BCUT2D eigenvalue weighted by atomic mass is 35.5. The molecule has 2 aromatic rings. The zero-order valence-corrected chi connectivity index (χ0v) is 14.6. The average molecular weight is 376 g/mol. The lowest BCUT2D eigenvalue weighted by Gasteiger charge is -2.11. The number of rotatable bonds is 6. The van der Waals surface area contributed by atoms with Gasteiger partial charge in [-0.1, -0.05) is 53.5 Å². The van der Waals surface area contributed by atoms with Crippen molar-refractivity contribution in [2.75, 3.05) is 0 Å². The molecule has 0 aliphatic rings. The summed E-state index contributed by atoms with van der Waals surface area (Å²) in [6.07, 6.45) is 0.782. The Labute approximate surface area is 151 Å². The predicted molar refractivity (Wildman–Crippen MR) is 94.0 cm³/mol. The summed E-state index contributed by atoms with van der Waals surface area (Å²) in [6.45, 7) is 0.0961. The number of hydrogen-bond donors (Lipinski definition) is 1. The minimum absolute atomic E-state index is 0. The molecule has 0 unspecified atom stereocenters. The lowest BCUT2D eigenvalue weighted by Crippen LogP contribution is -2.27. The number of ether oxygens (including phenoxy) is 1. The smallest absolute Gasteiger partial charge is 0.307 e. The highest BCUT2D eigenvalue weighted by Crippen LogP contribution is 2.15. The number of nitrogens with two attached hydrogens (primary N) is 1. The Morgan fingerprint density at radius 1 is 1.13 bits per heavy atom. The number of pyridine rings is 1. The zero-order valence-electron chi connectivity index (χ0n) is 12.2. The molecule has 2 rings (SSSR count). The van der Waals surface area contributed by atoms with Crippen LogP contribution in [0.4, 0.5) is 0 Å². The van der Waals surface area contributed by atoms with Gasteiger partial charge in [0, 0.05) is 6.04 Å². The van der Waals surface area contributed by atoms with Crippen molar-refractivity contribution in [2.24, 2.45) is 5.73 Å². The Morgan fingerprint density at radius 3 is 2.35 bits per heavy atom. The Hall–Kier alpha value is -1.33. The molecule has 124 valence electrons. The summed E-state index contributed by atoms with van der Waals surface area (Å²) >= 11 is 11.6. The van der Waals surface area contributed by atoms with Gasteiger partial charge in [0.1, 0.15) is 16.9 Å². The molecule has 1 heterocycles. The first-order chi connectivity index (χ1) is 10.5. The Morgan fingerprint density at radius 2 is 1.74 bits per heavy atom. The molecule has 0 amide bonds. The number of hydrogen-bond acceptors (Lipinski definition) is 4. The van der Waals surface area contributed by atoms with Gasteiger partial charge in [-0.25, -0.2) is 4.98 Å². The van der Waals surface area contributed by atoms with Crippen molar-refractivity contribution in [3.63, 3.8) is 0 Å². The fourth-order valence-electron chi connectivity index (χ4n) is 2.02. The fraction of sp³-hybridized carbons (Fsp3) is 0.250. The van der Waals surface area contributed by atoms with Gasteiger partial charge in [0.15, 0.2) is 0 Å². The van der Waals surface area contributed by atoms with E-state index in [0.29, 0.717) is 12.0 Å². The Balaban J connectivity index is 0.00000264. The monoisotopic (exact) mass is 374 g/mol. The molecule has 0 aliphatic carbocycles. The lowest BCUT2D eigenvalue weighted by molar-refractivity contribution is -0.145. The summed E-state index contributed by atoms with van der Waals surface area (Å²) < 4.78 is 5.18. The number of benzene rings is 1. The molecule has 0 aliphatic heterocycles. The van der Waals surface area contributed by atoms with Gasteiger partial charge in [-0.2, -0.15) is 0 Å². The zero-order chi connectivity index (χ0) is 15.9. The van der Waals surface area contributed by atoms with Crippen molar-refractivity contribution in [3.8, 4) is 0 Å². The van der Waals surface area contributed by atoms with E-state index in [4.69, 9.17) is 33.7 Å². The highest BCUT2D eigenvalue weighted by Gasteiger charge is 2.12. The quantitative estimate of drug-likeness (QED) is 0.616.